The van der Waals surface area contributed by atoms with Crippen LogP contribution in [0, 0.1) is 6.92 Å². The number of nitrogens with zero attached hydrogens (tertiary/aromatic N) is 8. The number of anilines is 1. The zero-order valence-corrected chi connectivity index (χ0v) is 14.9. The maximum absolute atomic E-state index is 12.6. The van der Waals surface area contributed by atoms with Gasteiger partial charge in [-0.25, -0.2) is 8.42 Å². The molecular formula is C14H18N8O2S. The van der Waals surface area contributed by atoms with E-state index in [1.807, 2.05) is 24.0 Å². The van der Waals surface area contributed by atoms with Gasteiger partial charge in [0, 0.05) is 33.4 Å². The molecule has 4 rings (SSSR count). The van der Waals surface area contributed by atoms with Gasteiger partial charge in [0.15, 0.2) is 11.5 Å². The van der Waals surface area contributed by atoms with Crippen LogP contribution >= 0.6 is 0 Å². The van der Waals surface area contributed by atoms with Crippen molar-refractivity contribution in [2.24, 2.45) is 7.05 Å². The number of rotatable bonds is 4. The van der Waals surface area contributed by atoms with Crippen molar-refractivity contribution in [1.29, 1.82) is 0 Å². The predicted octanol–water partition coefficient (Wildman–Crippen LogP) is -0.324. The minimum Gasteiger partial charge on any atom is -0.352 e. The largest absolute Gasteiger partial charge is 0.352 e. The van der Waals surface area contributed by atoms with Crippen molar-refractivity contribution in [3.8, 4) is 0 Å². The standard InChI is InChI=1S/C14H18N8O2S/c1-10-16-17-13-4-5-14(18-22(10)13)21-7-11(8-21)20(3)25(23,24)12-6-15-19(2)9-12/h4-6,9,11H,7-8H2,1-3H3. The van der Waals surface area contributed by atoms with E-state index in [9.17, 15) is 8.42 Å². The van der Waals surface area contributed by atoms with Crippen LogP contribution in [0.25, 0.3) is 5.65 Å². The molecule has 0 unspecified atom stereocenters. The topological polar surface area (TPSA) is 102 Å². The Labute approximate surface area is 144 Å². The molecule has 4 heterocycles. The van der Waals surface area contributed by atoms with Crippen molar-refractivity contribution >= 4 is 21.5 Å². The van der Waals surface area contributed by atoms with Crippen molar-refractivity contribution in [2.75, 3.05) is 25.0 Å². The van der Waals surface area contributed by atoms with Crippen LogP contribution in [0.5, 0.6) is 0 Å². The van der Waals surface area contributed by atoms with Gasteiger partial charge in [-0.1, -0.05) is 0 Å². The molecule has 1 aliphatic rings. The predicted molar refractivity (Wildman–Crippen MR) is 89.7 cm³/mol. The molecule has 132 valence electrons. The zero-order valence-electron chi connectivity index (χ0n) is 14.1. The van der Waals surface area contributed by atoms with Gasteiger partial charge in [-0.15, -0.1) is 15.3 Å². The molecule has 0 saturated carbocycles. The number of aromatic nitrogens is 6. The van der Waals surface area contributed by atoms with Crippen LogP contribution in [-0.2, 0) is 17.1 Å². The summed E-state index contributed by atoms with van der Waals surface area (Å²) in [6.45, 7) is 3.00. The molecule has 0 amide bonds. The van der Waals surface area contributed by atoms with Crippen LogP contribution in [0.4, 0.5) is 5.82 Å². The van der Waals surface area contributed by atoms with Gasteiger partial charge < -0.3 is 4.90 Å². The zero-order chi connectivity index (χ0) is 17.8. The molecule has 0 atom stereocenters. The van der Waals surface area contributed by atoms with Gasteiger partial charge in [0.25, 0.3) is 0 Å². The lowest BCUT2D eigenvalue weighted by Crippen LogP contribution is -2.60. The van der Waals surface area contributed by atoms with E-state index in [1.54, 1.807) is 18.6 Å². The molecule has 1 aliphatic heterocycles. The molecule has 10 nitrogen and oxygen atoms in total. The maximum Gasteiger partial charge on any atom is 0.246 e. The number of likely N-dealkylation sites (N-methyl/N-ethyl adjacent to an activating group) is 1. The molecule has 11 heteroatoms. The first-order valence-corrected chi connectivity index (χ1v) is 9.21. The molecule has 0 radical (unpaired) electrons. The minimum absolute atomic E-state index is 0.107. The Morgan fingerprint density at radius 3 is 2.68 bits per heavy atom. The molecular weight excluding hydrogens is 344 g/mol. The Bertz CT molecular complexity index is 1030. The molecule has 0 N–H and O–H groups in total. The summed E-state index contributed by atoms with van der Waals surface area (Å²) in [6, 6.07) is 3.62. The summed E-state index contributed by atoms with van der Waals surface area (Å²) in [5, 5.41) is 16.4. The number of aryl methyl sites for hydroxylation is 2. The summed E-state index contributed by atoms with van der Waals surface area (Å²) in [4.78, 5) is 2.23. The summed E-state index contributed by atoms with van der Waals surface area (Å²) in [5.41, 5.74) is 0.689. The van der Waals surface area contributed by atoms with Crippen molar-refractivity contribution in [3.63, 3.8) is 0 Å². The fraction of sp³-hybridized carbons (Fsp3) is 0.429. The van der Waals surface area contributed by atoms with Crippen LogP contribution < -0.4 is 4.90 Å². The van der Waals surface area contributed by atoms with E-state index in [-0.39, 0.29) is 10.9 Å². The van der Waals surface area contributed by atoms with Crippen molar-refractivity contribution in [3.05, 3.63) is 30.4 Å². The normalized spacial score (nSPS) is 15.9. The molecule has 1 fully saturated rings. The molecule has 1 saturated heterocycles. The molecule has 3 aromatic rings. The van der Waals surface area contributed by atoms with E-state index >= 15 is 0 Å². The number of hydrogen-bond acceptors (Lipinski definition) is 7. The smallest absolute Gasteiger partial charge is 0.246 e. The van der Waals surface area contributed by atoms with E-state index in [1.165, 1.54) is 21.4 Å². The highest BCUT2D eigenvalue weighted by Gasteiger charge is 2.37. The maximum atomic E-state index is 12.6. The molecule has 0 aromatic carbocycles. The van der Waals surface area contributed by atoms with Gasteiger partial charge in [-0.05, 0) is 19.1 Å². The number of sulfonamides is 1. The van der Waals surface area contributed by atoms with Gasteiger partial charge in [0.2, 0.25) is 10.0 Å². The molecule has 0 bridgehead atoms. The van der Waals surface area contributed by atoms with Crippen molar-refractivity contribution in [1.82, 2.24) is 33.9 Å². The first kappa shape index (κ1) is 16.0. The average Bonchev–Trinajstić information content (AvgIpc) is 3.13. The second-order valence-electron chi connectivity index (χ2n) is 6.14. The van der Waals surface area contributed by atoms with E-state index in [0.717, 1.165) is 5.82 Å². The van der Waals surface area contributed by atoms with E-state index in [2.05, 4.69) is 20.4 Å². The van der Waals surface area contributed by atoms with E-state index in [4.69, 9.17) is 0 Å². The summed E-state index contributed by atoms with van der Waals surface area (Å²) >= 11 is 0. The van der Waals surface area contributed by atoms with Gasteiger partial charge >= 0.3 is 0 Å². The summed E-state index contributed by atoms with van der Waals surface area (Å²) in [5.74, 6) is 1.49. The Kier molecular flexibility index (Phi) is 3.51. The van der Waals surface area contributed by atoms with Gasteiger partial charge in [0.1, 0.15) is 10.7 Å². The van der Waals surface area contributed by atoms with Crippen molar-refractivity contribution < 1.29 is 8.42 Å². The Morgan fingerprint density at radius 2 is 2.00 bits per heavy atom. The van der Waals surface area contributed by atoms with Crippen LogP contribution in [0.15, 0.2) is 29.4 Å². The highest BCUT2D eigenvalue weighted by molar-refractivity contribution is 7.89. The molecule has 0 aliphatic carbocycles. The van der Waals surface area contributed by atoms with Crippen LogP contribution in [-0.4, -0.2) is 68.5 Å². The lowest BCUT2D eigenvalue weighted by atomic mass is 10.1. The second kappa shape index (κ2) is 5.49. The third-order valence-corrected chi connectivity index (χ3v) is 6.33. The van der Waals surface area contributed by atoms with Gasteiger partial charge in [0.05, 0.1) is 12.2 Å². The average molecular weight is 362 g/mol. The monoisotopic (exact) mass is 362 g/mol. The molecule has 3 aromatic heterocycles. The Hall–Kier alpha value is -2.53. The summed E-state index contributed by atoms with van der Waals surface area (Å²) in [7, 11) is -0.243. The first-order valence-electron chi connectivity index (χ1n) is 7.77. The van der Waals surface area contributed by atoms with E-state index in [0.29, 0.717) is 24.6 Å². The number of fused-ring (bicyclic) bond motifs is 1. The Balaban J connectivity index is 1.49. The summed E-state index contributed by atoms with van der Waals surface area (Å²) < 4.78 is 29.8. The quantitative estimate of drug-likeness (QED) is 0.626. The Morgan fingerprint density at radius 1 is 1.24 bits per heavy atom. The molecule has 25 heavy (non-hydrogen) atoms. The van der Waals surface area contributed by atoms with E-state index < -0.39 is 10.0 Å². The van der Waals surface area contributed by atoms with Crippen LogP contribution in [0.1, 0.15) is 5.82 Å². The highest BCUT2D eigenvalue weighted by atomic mass is 32.2. The van der Waals surface area contributed by atoms with Crippen LogP contribution in [0.3, 0.4) is 0 Å². The highest BCUT2D eigenvalue weighted by Crippen LogP contribution is 2.25. The minimum atomic E-state index is -3.54. The van der Waals surface area contributed by atoms with Crippen molar-refractivity contribution in [2.45, 2.75) is 17.9 Å². The molecule has 0 spiro atoms. The number of hydrogen-bond donors (Lipinski definition) is 0. The van der Waals surface area contributed by atoms with Gasteiger partial charge in [-0.2, -0.15) is 13.9 Å². The lowest BCUT2D eigenvalue weighted by molar-refractivity contribution is 0.309. The SMILES string of the molecule is Cc1nnc2ccc(N3CC(N(C)S(=O)(=O)c4cnn(C)c4)C3)nn12. The second-order valence-corrected chi connectivity index (χ2v) is 8.14. The fourth-order valence-electron chi connectivity index (χ4n) is 2.82. The summed E-state index contributed by atoms with van der Waals surface area (Å²) in [6.07, 6.45) is 2.87. The third kappa shape index (κ3) is 2.55. The fourth-order valence-corrected chi connectivity index (χ4v) is 4.15. The lowest BCUT2D eigenvalue weighted by Gasteiger charge is -2.43. The third-order valence-electron chi connectivity index (χ3n) is 4.46. The van der Waals surface area contributed by atoms with Crippen LogP contribution in [0.2, 0.25) is 0 Å². The first-order chi connectivity index (χ1) is 11.9. The van der Waals surface area contributed by atoms with Gasteiger partial charge in [-0.3, -0.25) is 4.68 Å².